The van der Waals surface area contributed by atoms with E-state index in [0.717, 1.165) is 45.7 Å². The van der Waals surface area contributed by atoms with E-state index in [2.05, 4.69) is 138 Å². The molecule has 3 aromatic rings. The Hall–Kier alpha value is -3.94. The van der Waals surface area contributed by atoms with Crippen LogP contribution in [-0.4, -0.2) is 5.54 Å². The van der Waals surface area contributed by atoms with Crippen LogP contribution in [0.5, 0.6) is 0 Å². The molecule has 0 radical (unpaired) electrons. The van der Waals surface area contributed by atoms with E-state index in [4.69, 9.17) is 5.73 Å². The predicted molar refractivity (Wildman–Crippen MR) is 179 cm³/mol. The van der Waals surface area contributed by atoms with E-state index in [1.54, 1.807) is 0 Å². The molecule has 0 spiro atoms. The van der Waals surface area contributed by atoms with Crippen LogP contribution in [-0.2, 0) is 0 Å². The normalized spacial score (nSPS) is 15.2. The molecule has 2 unspecified atom stereocenters. The molecule has 40 heavy (non-hydrogen) atoms. The molecule has 1 aliphatic rings. The molecule has 0 aliphatic heterocycles. The zero-order valence-corrected chi connectivity index (χ0v) is 25.2. The van der Waals surface area contributed by atoms with Crippen molar-refractivity contribution in [1.29, 1.82) is 0 Å². The number of benzene rings is 3. The molecule has 0 heterocycles. The zero-order valence-electron chi connectivity index (χ0n) is 25.2. The molecule has 1 aliphatic carbocycles. The van der Waals surface area contributed by atoms with Gasteiger partial charge >= 0.3 is 0 Å². The number of rotatable bonds is 7. The van der Waals surface area contributed by atoms with Crippen molar-refractivity contribution in [3.05, 3.63) is 168 Å². The van der Waals surface area contributed by atoms with Crippen molar-refractivity contribution < 1.29 is 0 Å². The molecular formula is C39H47N. The first-order valence-electron chi connectivity index (χ1n) is 14.1. The highest BCUT2D eigenvalue weighted by molar-refractivity contribution is 5.82. The summed E-state index contributed by atoms with van der Waals surface area (Å²) >= 11 is 0. The third kappa shape index (κ3) is 11.0. The molecule has 4 rings (SSSR count). The van der Waals surface area contributed by atoms with Crippen molar-refractivity contribution in [3.63, 3.8) is 0 Å². The van der Waals surface area contributed by atoms with Gasteiger partial charge in [-0.25, -0.2) is 0 Å². The van der Waals surface area contributed by atoms with Gasteiger partial charge in [0.2, 0.25) is 0 Å². The Morgan fingerprint density at radius 3 is 1.48 bits per heavy atom. The lowest BCUT2D eigenvalue weighted by molar-refractivity contribution is 0.594. The van der Waals surface area contributed by atoms with Crippen molar-refractivity contribution in [3.8, 4) is 0 Å². The highest BCUT2D eigenvalue weighted by Gasteiger charge is 2.09. The van der Waals surface area contributed by atoms with Gasteiger partial charge < -0.3 is 5.73 Å². The van der Waals surface area contributed by atoms with Crippen LogP contribution in [0.1, 0.15) is 67.0 Å². The molecule has 1 nitrogen and oxygen atoms in total. The van der Waals surface area contributed by atoms with Gasteiger partial charge in [-0.05, 0) is 79.9 Å². The first-order valence-corrected chi connectivity index (χ1v) is 14.1. The van der Waals surface area contributed by atoms with Crippen LogP contribution < -0.4 is 5.73 Å². The second-order valence-electron chi connectivity index (χ2n) is 10.8. The van der Waals surface area contributed by atoms with Crippen LogP contribution in [0.2, 0.25) is 0 Å². The molecule has 3 aromatic carbocycles. The van der Waals surface area contributed by atoms with Crippen LogP contribution in [0.4, 0.5) is 0 Å². The van der Waals surface area contributed by atoms with E-state index in [9.17, 15) is 0 Å². The fourth-order valence-electron chi connectivity index (χ4n) is 4.18. The highest BCUT2D eigenvalue weighted by atomic mass is 14.7. The maximum Gasteiger partial charge on any atom is 0.0345 e. The molecule has 0 aromatic heterocycles. The lowest BCUT2D eigenvalue weighted by atomic mass is 9.94. The van der Waals surface area contributed by atoms with E-state index in [0.29, 0.717) is 0 Å². The van der Waals surface area contributed by atoms with Crippen LogP contribution in [0.3, 0.4) is 0 Å². The molecular weight excluding hydrogens is 482 g/mol. The highest BCUT2D eigenvalue weighted by Crippen LogP contribution is 2.26. The Kier molecular flexibility index (Phi) is 13.1. The average molecular weight is 530 g/mol. The molecule has 0 saturated carbocycles. The maximum atomic E-state index is 5.78. The molecule has 208 valence electrons. The Labute approximate surface area is 243 Å². The topological polar surface area (TPSA) is 26.0 Å². The molecule has 0 saturated heterocycles. The van der Waals surface area contributed by atoms with Crippen molar-refractivity contribution in [1.82, 2.24) is 0 Å². The minimum absolute atomic E-state index is 0.198. The number of aryl methyl sites for hydroxylation is 2. The monoisotopic (exact) mass is 529 g/mol. The van der Waals surface area contributed by atoms with Gasteiger partial charge in [-0.3, -0.25) is 0 Å². The Morgan fingerprint density at radius 1 is 0.800 bits per heavy atom. The van der Waals surface area contributed by atoms with E-state index >= 15 is 0 Å². The van der Waals surface area contributed by atoms with Crippen LogP contribution in [0.25, 0.3) is 11.1 Å². The van der Waals surface area contributed by atoms with Gasteiger partial charge in [0.25, 0.3) is 0 Å². The van der Waals surface area contributed by atoms with Gasteiger partial charge in [0.15, 0.2) is 0 Å². The summed E-state index contributed by atoms with van der Waals surface area (Å²) < 4.78 is 0. The van der Waals surface area contributed by atoms with Gasteiger partial charge in [-0.15, -0.1) is 6.58 Å². The summed E-state index contributed by atoms with van der Waals surface area (Å²) in [5.41, 5.74) is 14.8. The summed E-state index contributed by atoms with van der Waals surface area (Å²) in [6.45, 7) is 22.5. The SMILES string of the molecule is C=C(c1ccc(C)cc1)c1ccc(C(=C)c2ccc(C)cc2)cc1.C=CCC(C)(N)/C=C\C.CC1C=CC=CC1. The van der Waals surface area contributed by atoms with E-state index in [-0.39, 0.29) is 5.54 Å². The fraction of sp³-hybridized carbons (Fsp3) is 0.231. The summed E-state index contributed by atoms with van der Waals surface area (Å²) in [5.74, 6) is 0.769. The Bertz CT molecular complexity index is 1230. The third-order valence-corrected chi connectivity index (χ3v) is 6.71. The van der Waals surface area contributed by atoms with Crippen molar-refractivity contribution in [2.45, 2.75) is 53.0 Å². The van der Waals surface area contributed by atoms with E-state index in [1.807, 2.05) is 32.1 Å². The summed E-state index contributed by atoms with van der Waals surface area (Å²) in [6, 6.07) is 25.5. The summed E-state index contributed by atoms with van der Waals surface area (Å²) in [6.07, 6.45) is 16.4. The smallest absolute Gasteiger partial charge is 0.0345 e. The van der Waals surface area contributed by atoms with Gasteiger partial charge in [0.05, 0.1) is 0 Å². The summed E-state index contributed by atoms with van der Waals surface area (Å²) in [4.78, 5) is 0. The van der Waals surface area contributed by atoms with E-state index < -0.39 is 0 Å². The molecule has 0 fully saturated rings. The van der Waals surface area contributed by atoms with Crippen molar-refractivity contribution in [2.75, 3.05) is 0 Å². The lowest BCUT2D eigenvalue weighted by Crippen LogP contribution is -2.32. The third-order valence-electron chi connectivity index (χ3n) is 6.71. The predicted octanol–water partition coefficient (Wildman–Crippen LogP) is 10.4. The maximum absolute atomic E-state index is 5.78. The van der Waals surface area contributed by atoms with Crippen molar-refractivity contribution >= 4 is 11.1 Å². The second kappa shape index (κ2) is 16.2. The standard InChI is InChI=1S/C24H22.C8H15N.C7H10/c1-17-5-9-21(10-6-17)19(3)23-13-15-24(16-14-23)20(4)22-11-7-18(2)8-12-22;1-4-6-8(3,9)7-5-2;1-7-5-3-2-4-6-7/h5-16H,3-4H2,1-2H3;4-5,7H,1,6,9H2,2-3H3;2-5,7H,6H2,1H3/b;7-5-;. The Morgan fingerprint density at radius 2 is 1.20 bits per heavy atom. The number of nitrogens with two attached hydrogens (primary N) is 1. The summed E-state index contributed by atoms with van der Waals surface area (Å²) in [7, 11) is 0. The van der Waals surface area contributed by atoms with Gasteiger partial charge in [0.1, 0.15) is 0 Å². The quantitative estimate of drug-likeness (QED) is 0.303. The first kappa shape index (κ1) is 32.3. The zero-order chi connectivity index (χ0) is 29.5. The number of hydrogen-bond acceptors (Lipinski definition) is 1. The molecule has 1 heteroatoms. The van der Waals surface area contributed by atoms with Gasteiger partial charge in [0, 0.05) is 5.54 Å². The lowest BCUT2D eigenvalue weighted by Gasteiger charge is -2.16. The second-order valence-corrected chi connectivity index (χ2v) is 10.8. The Balaban J connectivity index is 0.000000286. The molecule has 0 bridgehead atoms. The van der Waals surface area contributed by atoms with E-state index in [1.165, 1.54) is 17.5 Å². The largest absolute Gasteiger partial charge is 0.322 e. The van der Waals surface area contributed by atoms with Gasteiger partial charge in [-0.1, -0.05) is 147 Å². The number of hydrogen-bond donors (Lipinski definition) is 1. The van der Waals surface area contributed by atoms with Gasteiger partial charge in [-0.2, -0.15) is 0 Å². The minimum atomic E-state index is -0.198. The fourth-order valence-corrected chi connectivity index (χ4v) is 4.18. The van der Waals surface area contributed by atoms with Crippen LogP contribution >= 0.6 is 0 Å². The molecule has 2 N–H and O–H groups in total. The molecule has 2 atom stereocenters. The number of allylic oxidation sites excluding steroid dienone is 5. The van der Waals surface area contributed by atoms with Crippen LogP contribution in [0.15, 0.2) is 135 Å². The van der Waals surface area contributed by atoms with Crippen molar-refractivity contribution in [2.24, 2.45) is 11.7 Å². The average Bonchev–Trinajstić information content (AvgIpc) is 2.94. The summed E-state index contributed by atoms with van der Waals surface area (Å²) in [5, 5.41) is 0. The minimum Gasteiger partial charge on any atom is -0.322 e. The van der Waals surface area contributed by atoms with Crippen LogP contribution in [0, 0.1) is 19.8 Å². The first-order chi connectivity index (χ1) is 19.1. The molecule has 0 amide bonds.